The Kier molecular flexibility index (Phi) is 5.11. The highest BCUT2D eigenvalue weighted by atomic mass is 16.5. The van der Waals surface area contributed by atoms with Crippen LogP contribution in [-0.4, -0.2) is 32.2 Å². The first-order chi connectivity index (χ1) is 12.6. The number of anilines is 2. The number of carbonyl (C=O) groups is 2. The fourth-order valence-corrected chi connectivity index (χ4v) is 2.82. The molecule has 0 atom stereocenters. The van der Waals surface area contributed by atoms with E-state index in [9.17, 15) is 9.59 Å². The van der Waals surface area contributed by atoms with Crippen molar-refractivity contribution < 1.29 is 19.1 Å². The summed E-state index contributed by atoms with van der Waals surface area (Å²) in [5.41, 5.74) is 3.03. The van der Waals surface area contributed by atoms with Gasteiger partial charge in [-0.2, -0.15) is 0 Å². The van der Waals surface area contributed by atoms with Crippen LogP contribution in [0.3, 0.4) is 0 Å². The van der Waals surface area contributed by atoms with Crippen LogP contribution in [0.4, 0.5) is 11.4 Å². The maximum Gasteiger partial charge on any atom is 0.355 e. The van der Waals surface area contributed by atoms with Crippen molar-refractivity contribution in [3.05, 3.63) is 59.5 Å². The lowest BCUT2D eigenvalue weighted by Gasteiger charge is -2.26. The summed E-state index contributed by atoms with van der Waals surface area (Å²) in [6.07, 6.45) is 9.00. The molecule has 1 saturated carbocycles. The standard InChI is InChI=1S/C20H22N2O4/c1-13-7-6-9-16(17(13)21-14-10-11-14)22-12-5-4-8-15(19(23)25-2)18(22)20(24)26-3/h4-9,12,14,21H,10-11H2,1-3H3. The van der Waals surface area contributed by atoms with Gasteiger partial charge < -0.3 is 19.7 Å². The van der Waals surface area contributed by atoms with Crippen LogP contribution < -0.4 is 10.2 Å². The molecule has 0 amide bonds. The summed E-state index contributed by atoms with van der Waals surface area (Å²) < 4.78 is 9.81. The third-order valence-electron chi connectivity index (χ3n) is 4.33. The lowest BCUT2D eigenvalue weighted by atomic mass is 10.1. The van der Waals surface area contributed by atoms with E-state index in [0.717, 1.165) is 29.8 Å². The van der Waals surface area contributed by atoms with Crippen molar-refractivity contribution in [2.75, 3.05) is 24.4 Å². The summed E-state index contributed by atoms with van der Waals surface area (Å²) in [6.45, 7) is 2.01. The van der Waals surface area contributed by atoms with E-state index in [2.05, 4.69) is 5.32 Å². The molecule has 1 aromatic rings. The van der Waals surface area contributed by atoms with Gasteiger partial charge in [0.25, 0.3) is 0 Å². The number of hydrogen-bond acceptors (Lipinski definition) is 6. The van der Waals surface area contributed by atoms with Crippen LogP contribution in [-0.2, 0) is 19.1 Å². The topological polar surface area (TPSA) is 67.9 Å². The molecule has 6 heteroatoms. The second kappa shape index (κ2) is 7.47. The molecule has 0 saturated heterocycles. The van der Waals surface area contributed by atoms with Gasteiger partial charge in [0, 0.05) is 12.2 Å². The van der Waals surface area contributed by atoms with Gasteiger partial charge in [-0.05, 0) is 43.5 Å². The van der Waals surface area contributed by atoms with Gasteiger partial charge in [0.2, 0.25) is 0 Å². The number of rotatable bonds is 5. The number of aryl methyl sites for hydroxylation is 1. The van der Waals surface area contributed by atoms with E-state index >= 15 is 0 Å². The largest absolute Gasteiger partial charge is 0.465 e. The van der Waals surface area contributed by atoms with Crippen LogP contribution in [0.15, 0.2) is 53.9 Å². The molecule has 2 aliphatic rings. The molecule has 1 aromatic carbocycles. The molecule has 26 heavy (non-hydrogen) atoms. The third-order valence-corrected chi connectivity index (χ3v) is 4.33. The first kappa shape index (κ1) is 17.8. The number of allylic oxidation sites excluding steroid dienone is 2. The van der Waals surface area contributed by atoms with Gasteiger partial charge in [0.05, 0.1) is 31.2 Å². The molecule has 6 nitrogen and oxygen atoms in total. The minimum absolute atomic E-state index is 0.119. The quantitative estimate of drug-likeness (QED) is 0.820. The molecule has 1 heterocycles. The zero-order valence-electron chi connectivity index (χ0n) is 15.1. The monoisotopic (exact) mass is 354 g/mol. The first-order valence-electron chi connectivity index (χ1n) is 8.48. The van der Waals surface area contributed by atoms with Crippen LogP contribution in [0.1, 0.15) is 18.4 Å². The number of carbonyl (C=O) groups excluding carboxylic acids is 2. The van der Waals surface area contributed by atoms with Crippen LogP contribution in [0, 0.1) is 6.92 Å². The molecular weight excluding hydrogens is 332 g/mol. The molecule has 0 aromatic heterocycles. The molecule has 1 aliphatic heterocycles. The van der Waals surface area contributed by atoms with E-state index in [0.29, 0.717) is 6.04 Å². The highest BCUT2D eigenvalue weighted by Gasteiger charge is 2.30. The average Bonchev–Trinajstić information content (AvgIpc) is 3.48. The first-order valence-corrected chi connectivity index (χ1v) is 8.48. The molecule has 0 unspecified atom stereocenters. The normalized spacial score (nSPS) is 16.3. The second-order valence-electron chi connectivity index (χ2n) is 6.20. The van der Waals surface area contributed by atoms with Crippen LogP contribution in [0.2, 0.25) is 0 Å². The Morgan fingerprint density at radius 2 is 1.85 bits per heavy atom. The highest BCUT2D eigenvalue weighted by molar-refractivity contribution is 6.06. The van der Waals surface area contributed by atoms with Gasteiger partial charge in [0.15, 0.2) is 0 Å². The van der Waals surface area contributed by atoms with E-state index in [1.54, 1.807) is 29.3 Å². The zero-order chi connectivity index (χ0) is 18.7. The molecule has 0 spiro atoms. The van der Waals surface area contributed by atoms with Gasteiger partial charge in [0.1, 0.15) is 5.70 Å². The van der Waals surface area contributed by atoms with E-state index in [4.69, 9.17) is 9.47 Å². The Labute approximate surface area is 152 Å². The number of nitrogens with one attached hydrogen (secondary N) is 1. The number of methoxy groups -OCH3 is 2. The van der Waals surface area contributed by atoms with Gasteiger partial charge in [-0.25, -0.2) is 9.59 Å². The van der Waals surface area contributed by atoms with E-state index in [1.807, 2.05) is 25.1 Å². The Morgan fingerprint density at radius 1 is 1.12 bits per heavy atom. The molecule has 3 rings (SSSR count). The minimum Gasteiger partial charge on any atom is -0.465 e. The number of esters is 2. The van der Waals surface area contributed by atoms with Gasteiger partial charge >= 0.3 is 11.9 Å². The van der Waals surface area contributed by atoms with Crippen molar-refractivity contribution in [3.8, 4) is 0 Å². The smallest absolute Gasteiger partial charge is 0.355 e. The van der Waals surface area contributed by atoms with Crippen molar-refractivity contribution in [3.63, 3.8) is 0 Å². The Bertz CT molecular complexity index is 819. The fourth-order valence-electron chi connectivity index (χ4n) is 2.82. The van der Waals surface area contributed by atoms with Crippen LogP contribution in [0.5, 0.6) is 0 Å². The maximum absolute atomic E-state index is 12.5. The Balaban J connectivity index is 2.17. The lowest BCUT2D eigenvalue weighted by Crippen LogP contribution is -2.27. The van der Waals surface area contributed by atoms with Crippen molar-refractivity contribution >= 4 is 23.3 Å². The van der Waals surface area contributed by atoms with E-state index in [-0.39, 0.29) is 11.3 Å². The van der Waals surface area contributed by atoms with Crippen LogP contribution >= 0.6 is 0 Å². The summed E-state index contributed by atoms with van der Waals surface area (Å²) in [5, 5.41) is 3.52. The zero-order valence-corrected chi connectivity index (χ0v) is 15.1. The maximum atomic E-state index is 12.5. The number of hydrogen-bond donors (Lipinski definition) is 1. The Morgan fingerprint density at radius 3 is 2.50 bits per heavy atom. The second-order valence-corrected chi connectivity index (χ2v) is 6.20. The summed E-state index contributed by atoms with van der Waals surface area (Å²) in [5.74, 6) is -1.21. The summed E-state index contributed by atoms with van der Waals surface area (Å²) in [6, 6.07) is 6.28. The van der Waals surface area contributed by atoms with Crippen LogP contribution in [0.25, 0.3) is 0 Å². The summed E-state index contributed by atoms with van der Waals surface area (Å²) >= 11 is 0. The fraction of sp³-hybridized carbons (Fsp3) is 0.300. The van der Waals surface area contributed by atoms with Crippen molar-refractivity contribution in [2.24, 2.45) is 0 Å². The molecule has 1 aliphatic carbocycles. The van der Waals surface area contributed by atoms with E-state index < -0.39 is 11.9 Å². The number of ether oxygens (including phenoxy) is 2. The predicted octanol–water partition coefficient (Wildman–Crippen LogP) is 3.06. The third kappa shape index (κ3) is 3.49. The lowest BCUT2D eigenvalue weighted by molar-refractivity contribution is -0.139. The average molecular weight is 354 g/mol. The molecule has 0 radical (unpaired) electrons. The van der Waals surface area contributed by atoms with Crippen molar-refractivity contribution in [1.29, 1.82) is 0 Å². The molecule has 1 fully saturated rings. The van der Waals surface area contributed by atoms with Gasteiger partial charge in [-0.3, -0.25) is 0 Å². The highest BCUT2D eigenvalue weighted by Crippen LogP contribution is 2.37. The van der Waals surface area contributed by atoms with Gasteiger partial charge in [-0.1, -0.05) is 18.2 Å². The number of benzene rings is 1. The predicted molar refractivity (Wildman–Crippen MR) is 99.6 cm³/mol. The van der Waals surface area contributed by atoms with E-state index in [1.165, 1.54) is 14.2 Å². The van der Waals surface area contributed by atoms with Crippen molar-refractivity contribution in [1.82, 2.24) is 0 Å². The van der Waals surface area contributed by atoms with Gasteiger partial charge in [-0.15, -0.1) is 0 Å². The summed E-state index contributed by atoms with van der Waals surface area (Å²) in [7, 11) is 2.58. The Hall–Kier alpha value is -3.02. The van der Waals surface area contributed by atoms with Crippen molar-refractivity contribution in [2.45, 2.75) is 25.8 Å². The molecular formula is C20H22N2O4. The SMILES string of the molecule is COC(=O)C1=C(C(=O)OC)N(c2cccc(C)c2NC2CC2)C=CC=C1. The minimum atomic E-state index is -0.611. The number of nitrogens with zero attached hydrogens (tertiary/aromatic N) is 1. The molecule has 136 valence electrons. The summed E-state index contributed by atoms with van der Waals surface area (Å²) in [4.78, 5) is 26.5. The number of para-hydroxylation sites is 1. The molecule has 0 bridgehead atoms. The molecule has 1 N–H and O–H groups in total.